The predicted octanol–water partition coefficient (Wildman–Crippen LogP) is 5.48. The Labute approximate surface area is 195 Å². The summed E-state index contributed by atoms with van der Waals surface area (Å²) >= 11 is 0. The fourth-order valence-corrected chi connectivity index (χ4v) is 4.65. The molecule has 1 fully saturated rings. The fourth-order valence-electron chi connectivity index (χ4n) is 4.65. The number of likely N-dealkylation sites (tertiary alicyclic amines) is 1. The van der Waals surface area contributed by atoms with Gasteiger partial charge in [-0.05, 0) is 62.2 Å². The van der Waals surface area contributed by atoms with Crippen LogP contribution in [0.4, 0.5) is 17.3 Å². The molecule has 0 saturated carbocycles. The number of benzene rings is 1. The molecule has 1 N–H and O–H groups in total. The Morgan fingerprint density at radius 3 is 2.73 bits per heavy atom. The van der Waals surface area contributed by atoms with Crippen molar-refractivity contribution in [3.63, 3.8) is 0 Å². The van der Waals surface area contributed by atoms with Crippen molar-refractivity contribution in [2.45, 2.75) is 32.4 Å². The van der Waals surface area contributed by atoms with Crippen LogP contribution in [0.1, 0.15) is 35.7 Å². The highest BCUT2D eigenvalue weighted by Gasteiger charge is 2.28. The van der Waals surface area contributed by atoms with Crippen LogP contribution in [0.2, 0.25) is 0 Å². The lowest BCUT2D eigenvalue weighted by Gasteiger charge is -2.26. The van der Waals surface area contributed by atoms with Crippen molar-refractivity contribution >= 4 is 28.2 Å². The molecular weight excluding hydrogens is 408 g/mol. The predicted molar refractivity (Wildman–Crippen MR) is 135 cm³/mol. The van der Waals surface area contributed by atoms with Gasteiger partial charge in [0, 0.05) is 37.8 Å². The monoisotopic (exact) mass is 438 g/mol. The quantitative estimate of drug-likeness (QED) is 0.430. The van der Waals surface area contributed by atoms with Crippen LogP contribution in [0.3, 0.4) is 0 Å². The summed E-state index contributed by atoms with van der Waals surface area (Å²) in [5.74, 6) is 1.91. The molecule has 0 spiro atoms. The number of para-hydroxylation sites is 1. The number of fused-ring (bicyclic) bond motifs is 1. The molecule has 168 valence electrons. The Morgan fingerprint density at radius 2 is 1.94 bits per heavy atom. The van der Waals surface area contributed by atoms with Gasteiger partial charge in [0.1, 0.15) is 11.6 Å². The lowest BCUT2D eigenvalue weighted by molar-refractivity contribution is 0.244. The van der Waals surface area contributed by atoms with E-state index in [4.69, 9.17) is 9.97 Å². The standard InChI is InChI=1S/C27H30N6/c1-19-8-6-14-28-26(19)30-22-12-13-24(29-17-22)25-11-7-15-33(25)18-21-16-20-9-4-5-10-23(20)31-27(21)32(2)3/h4-6,8-10,12-14,16-17,25H,7,11,15,18H2,1-3H3,(H,28,30)/t25-/m0/s1. The van der Waals surface area contributed by atoms with Gasteiger partial charge < -0.3 is 10.2 Å². The number of hydrogen-bond donors (Lipinski definition) is 1. The first-order chi connectivity index (χ1) is 16.1. The normalized spacial score (nSPS) is 16.3. The highest BCUT2D eigenvalue weighted by molar-refractivity contribution is 5.81. The van der Waals surface area contributed by atoms with Gasteiger partial charge in [-0.15, -0.1) is 0 Å². The second-order valence-electron chi connectivity index (χ2n) is 8.95. The van der Waals surface area contributed by atoms with E-state index >= 15 is 0 Å². The molecule has 5 rings (SSSR count). The molecule has 4 aromatic rings. The number of rotatable bonds is 6. The number of hydrogen-bond acceptors (Lipinski definition) is 6. The zero-order valence-electron chi connectivity index (χ0n) is 19.5. The van der Waals surface area contributed by atoms with E-state index in [0.717, 1.165) is 53.6 Å². The van der Waals surface area contributed by atoms with Crippen molar-refractivity contribution in [1.82, 2.24) is 19.9 Å². The lowest BCUT2D eigenvalue weighted by Crippen LogP contribution is -2.25. The molecule has 0 bridgehead atoms. The second kappa shape index (κ2) is 9.16. The van der Waals surface area contributed by atoms with Gasteiger partial charge >= 0.3 is 0 Å². The summed E-state index contributed by atoms with van der Waals surface area (Å²) in [6.07, 6.45) is 6.02. The first kappa shape index (κ1) is 21.3. The molecule has 1 aliphatic rings. The summed E-state index contributed by atoms with van der Waals surface area (Å²) in [6, 6.07) is 19.2. The summed E-state index contributed by atoms with van der Waals surface area (Å²) in [7, 11) is 4.14. The van der Waals surface area contributed by atoms with Crippen LogP contribution in [0.25, 0.3) is 10.9 Å². The molecule has 6 heteroatoms. The number of aryl methyl sites for hydroxylation is 1. The van der Waals surface area contributed by atoms with E-state index in [9.17, 15) is 0 Å². The second-order valence-corrected chi connectivity index (χ2v) is 8.95. The topological polar surface area (TPSA) is 57.2 Å². The highest BCUT2D eigenvalue weighted by atomic mass is 15.2. The third-order valence-corrected chi connectivity index (χ3v) is 6.34. The minimum atomic E-state index is 0.317. The van der Waals surface area contributed by atoms with Gasteiger partial charge in [-0.1, -0.05) is 24.3 Å². The summed E-state index contributed by atoms with van der Waals surface area (Å²) in [4.78, 5) is 18.8. The van der Waals surface area contributed by atoms with Crippen molar-refractivity contribution in [2.75, 3.05) is 30.9 Å². The first-order valence-corrected chi connectivity index (χ1v) is 11.5. The molecule has 0 amide bonds. The van der Waals surface area contributed by atoms with E-state index in [0.29, 0.717) is 6.04 Å². The maximum atomic E-state index is 4.94. The molecule has 0 radical (unpaired) electrons. The number of nitrogens with one attached hydrogen (secondary N) is 1. The smallest absolute Gasteiger partial charge is 0.133 e. The molecule has 6 nitrogen and oxygen atoms in total. The van der Waals surface area contributed by atoms with Gasteiger partial charge in [-0.3, -0.25) is 9.88 Å². The van der Waals surface area contributed by atoms with E-state index in [2.05, 4.69) is 83.6 Å². The van der Waals surface area contributed by atoms with Crippen LogP contribution in [0.5, 0.6) is 0 Å². The van der Waals surface area contributed by atoms with Gasteiger partial charge in [0.2, 0.25) is 0 Å². The Balaban J connectivity index is 1.36. The zero-order chi connectivity index (χ0) is 22.8. The lowest BCUT2D eigenvalue weighted by atomic mass is 10.1. The number of nitrogens with zero attached hydrogens (tertiary/aromatic N) is 5. The van der Waals surface area contributed by atoms with Crippen molar-refractivity contribution in [3.8, 4) is 0 Å². The van der Waals surface area contributed by atoms with E-state index in [1.165, 1.54) is 17.4 Å². The molecule has 1 atom stereocenters. The average Bonchev–Trinajstić information content (AvgIpc) is 3.28. The largest absolute Gasteiger partial charge is 0.362 e. The maximum Gasteiger partial charge on any atom is 0.133 e. The van der Waals surface area contributed by atoms with Crippen molar-refractivity contribution in [1.29, 1.82) is 0 Å². The summed E-state index contributed by atoms with van der Waals surface area (Å²) in [5.41, 5.74) is 5.49. The molecular formula is C27H30N6. The zero-order valence-corrected chi connectivity index (χ0v) is 19.5. The summed E-state index contributed by atoms with van der Waals surface area (Å²) in [5, 5.41) is 4.56. The Morgan fingerprint density at radius 1 is 1.06 bits per heavy atom. The molecule has 33 heavy (non-hydrogen) atoms. The van der Waals surface area contributed by atoms with Crippen LogP contribution in [-0.4, -0.2) is 40.5 Å². The number of aromatic nitrogens is 3. The molecule has 0 unspecified atom stereocenters. The van der Waals surface area contributed by atoms with Crippen molar-refractivity contribution in [3.05, 3.63) is 83.8 Å². The van der Waals surface area contributed by atoms with Gasteiger partial charge in [0.05, 0.1) is 29.1 Å². The molecule has 3 aromatic heterocycles. The Hall–Kier alpha value is -3.51. The molecule has 0 aliphatic carbocycles. The first-order valence-electron chi connectivity index (χ1n) is 11.5. The van der Waals surface area contributed by atoms with E-state index in [1.54, 1.807) is 6.20 Å². The van der Waals surface area contributed by atoms with Crippen molar-refractivity contribution < 1.29 is 0 Å². The third-order valence-electron chi connectivity index (χ3n) is 6.34. The minimum absolute atomic E-state index is 0.317. The minimum Gasteiger partial charge on any atom is -0.362 e. The van der Waals surface area contributed by atoms with Crippen LogP contribution >= 0.6 is 0 Å². The van der Waals surface area contributed by atoms with Crippen LogP contribution in [0, 0.1) is 6.92 Å². The maximum absolute atomic E-state index is 4.94. The van der Waals surface area contributed by atoms with Gasteiger partial charge in [-0.2, -0.15) is 0 Å². The fraction of sp³-hybridized carbons (Fsp3) is 0.296. The molecule has 1 saturated heterocycles. The average molecular weight is 439 g/mol. The van der Waals surface area contributed by atoms with Crippen LogP contribution in [-0.2, 0) is 6.54 Å². The van der Waals surface area contributed by atoms with E-state index in [1.807, 2.05) is 18.3 Å². The molecule has 4 heterocycles. The van der Waals surface area contributed by atoms with Crippen molar-refractivity contribution in [2.24, 2.45) is 0 Å². The van der Waals surface area contributed by atoms with Crippen LogP contribution < -0.4 is 10.2 Å². The number of pyridine rings is 3. The highest BCUT2D eigenvalue weighted by Crippen LogP contribution is 2.34. The SMILES string of the molecule is Cc1cccnc1Nc1ccc([C@@H]2CCCN2Cc2cc3ccccc3nc2N(C)C)nc1. The Kier molecular flexibility index (Phi) is 5.92. The van der Waals surface area contributed by atoms with E-state index < -0.39 is 0 Å². The summed E-state index contributed by atoms with van der Waals surface area (Å²) in [6.45, 7) is 3.99. The number of anilines is 3. The Bertz CT molecular complexity index is 1250. The van der Waals surface area contributed by atoms with E-state index in [-0.39, 0.29) is 0 Å². The van der Waals surface area contributed by atoms with Crippen LogP contribution in [0.15, 0.2) is 67.0 Å². The molecule has 1 aromatic carbocycles. The van der Waals surface area contributed by atoms with Gasteiger partial charge in [0.15, 0.2) is 0 Å². The van der Waals surface area contributed by atoms with Gasteiger partial charge in [0.25, 0.3) is 0 Å². The summed E-state index contributed by atoms with van der Waals surface area (Å²) < 4.78 is 0. The third kappa shape index (κ3) is 4.52. The van der Waals surface area contributed by atoms with Gasteiger partial charge in [-0.25, -0.2) is 9.97 Å². The molecule has 1 aliphatic heterocycles.